The Morgan fingerprint density at radius 2 is 1.70 bits per heavy atom. The summed E-state index contributed by atoms with van der Waals surface area (Å²) in [4.78, 5) is 14.5. The van der Waals surface area contributed by atoms with Crippen molar-refractivity contribution in [1.29, 1.82) is 0 Å². The summed E-state index contributed by atoms with van der Waals surface area (Å²) in [5, 5.41) is 3.08. The number of nitrogens with one attached hydrogen (secondary N) is 1. The molecule has 6 heteroatoms. The number of nitrogens with zero attached hydrogens (tertiary/aromatic N) is 1. The van der Waals surface area contributed by atoms with Crippen molar-refractivity contribution in [2.75, 3.05) is 19.6 Å². The second kappa shape index (κ2) is 10.7. The third-order valence-corrected chi connectivity index (χ3v) is 4.00. The number of nitrogens with two attached hydrogens (primary N) is 1. The molecular formula is C14H31Cl2N3O. The topological polar surface area (TPSA) is 58.4 Å². The van der Waals surface area contributed by atoms with Gasteiger partial charge in [0.25, 0.3) is 0 Å². The van der Waals surface area contributed by atoms with E-state index in [9.17, 15) is 4.79 Å². The van der Waals surface area contributed by atoms with Crippen LogP contribution in [0.5, 0.6) is 0 Å². The number of halogens is 2. The maximum atomic E-state index is 12.2. The van der Waals surface area contributed by atoms with Gasteiger partial charge in [0.05, 0.1) is 5.54 Å². The Kier molecular flexibility index (Phi) is 11.9. The molecule has 3 N–H and O–H groups in total. The number of hydrogen-bond donors (Lipinski definition) is 2. The summed E-state index contributed by atoms with van der Waals surface area (Å²) in [5.41, 5.74) is 5.61. The van der Waals surface area contributed by atoms with Crippen LogP contribution < -0.4 is 11.1 Å². The molecule has 0 aliphatic heterocycles. The van der Waals surface area contributed by atoms with Crippen LogP contribution in [0.2, 0.25) is 0 Å². The first-order chi connectivity index (χ1) is 8.51. The number of carbonyl (C=O) groups is 1. The summed E-state index contributed by atoms with van der Waals surface area (Å²) < 4.78 is 0. The highest BCUT2D eigenvalue weighted by molar-refractivity contribution is 5.86. The number of amides is 1. The van der Waals surface area contributed by atoms with Crippen molar-refractivity contribution in [2.24, 2.45) is 5.73 Å². The number of carbonyl (C=O) groups excluding carboxylic acids is 1. The zero-order valence-electron chi connectivity index (χ0n) is 13.0. The molecular weight excluding hydrogens is 297 g/mol. The van der Waals surface area contributed by atoms with Gasteiger partial charge in [-0.3, -0.25) is 4.79 Å². The van der Waals surface area contributed by atoms with E-state index < -0.39 is 5.54 Å². The van der Waals surface area contributed by atoms with Crippen LogP contribution in [0.15, 0.2) is 0 Å². The molecule has 0 bridgehead atoms. The first-order valence-corrected chi connectivity index (χ1v) is 7.34. The van der Waals surface area contributed by atoms with Crippen molar-refractivity contribution in [3.8, 4) is 0 Å². The van der Waals surface area contributed by atoms with Crippen molar-refractivity contribution in [1.82, 2.24) is 10.2 Å². The van der Waals surface area contributed by atoms with Crippen LogP contribution in [0.25, 0.3) is 0 Å². The van der Waals surface area contributed by atoms with Crippen LogP contribution in [0.3, 0.4) is 0 Å². The van der Waals surface area contributed by atoms with E-state index >= 15 is 0 Å². The average Bonchev–Trinajstić information content (AvgIpc) is 2.36. The van der Waals surface area contributed by atoms with Crippen LogP contribution in [0, 0.1) is 0 Å². The van der Waals surface area contributed by atoms with Crippen LogP contribution in [-0.4, -0.2) is 42.0 Å². The van der Waals surface area contributed by atoms with Crippen LogP contribution in [-0.2, 0) is 4.79 Å². The van der Waals surface area contributed by atoms with Crippen LogP contribution in [0.4, 0.5) is 0 Å². The molecule has 1 atom stereocenters. The van der Waals surface area contributed by atoms with Crippen molar-refractivity contribution in [3.05, 3.63) is 0 Å². The lowest BCUT2D eigenvalue weighted by Crippen LogP contribution is -2.57. The molecule has 1 saturated carbocycles. The summed E-state index contributed by atoms with van der Waals surface area (Å²) in [6.45, 7) is 9.28. The first kappa shape index (κ1) is 22.3. The highest BCUT2D eigenvalue weighted by atomic mass is 35.5. The molecule has 1 aliphatic rings. The smallest absolute Gasteiger partial charge is 0.240 e. The summed E-state index contributed by atoms with van der Waals surface area (Å²) in [5.74, 6) is 0.0434. The molecule has 20 heavy (non-hydrogen) atoms. The number of rotatable bonds is 6. The number of likely N-dealkylation sites (N-methyl/N-ethyl adjacent to an activating group) is 1. The van der Waals surface area contributed by atoms with Gasteiger partial charge in [-0.05, 0) is 32.9 Å². The van der Waals surface area contributed by atoms with E-state index in [0.29, 0.717) is 0 Å². The SMILES string of the molecule is CCN(CC)CC(C)NC(=O)C1(N)CCCCC1.Cl.Cl. The predicted octanol–water partition coefficient (Wildman–Crippen LogP) is 2.34. The zero-order chi connectivity index (χ0) is 13.6. The summed E-state index contributed by atoms with van der Waals surface area (Å²) in [6.07, 6.45) is 5.03. The fraction of sp³-hybridized carbons (Fsp3) is 0.929. The van der Waals surface area contributed by atoms with Gasteiger partial charge in [0, 0.05) is 12.6 Å². The van der Waals surface area contributed by atoms with E-state index in [-0.39, 0.29) is 36.8 Å². The minimum absolute atomic E-state index is 0. The Hall–Kier alpha value is -0.0300. The van der Waals surface area contributed by atoms with Gasteiger partial charge in [-0.25, -0.2) is 0 Å². The average molecular weight is 328 g/mol. The van der Waals surface area contributed by atoms with E-state index in [1.807, 2.05) is 0 Å². The Bertz CT molecular complexity index is 267. The summed E-state index contributed by atoms with van der Waals surface area (Å²) in [7, 11) is 0. The van der Waals surface area contributed by atoms with Crippen molar-refractivity contribution >= 4 is 30.7 Å². The lowest BCUT2D eigenvalue weighted by molar-refractivity contribution is -0.128. The highest BCUT2D eigenvalue weighted by Gasteiger charge is 2.35. The molecule has 1 unspecified atom stereocenters. The van der Waals surface area contributed by atoms with E-state index in [0.717, 1.165) is 45.3 Å². The lowest BCUT2D eigenvalue weighted by Gasteiger charge is -2.33. The predicted molar refractivity (Wildman–Crippen MR) is 89.9 cm³/mol. The Labute approximate surface area is 136 Å². The first-order valence-electron chi connectivity index (χ1n) is 7.34. The Balaban J connectivity index is 0. The van der Waals surface area contributed by atoms with E-state index in [2.05, 4.69) is 31.0 Å². The molecule has 0 radical (unpaired) electrons. The second-order valence-corrected chi connectivity index (χ2v) is 5.58. The molecule has 0 aromatic rings. The second-order valence-electron chi connectivity index (χ2n) is 5.58. The molecule has 0 saturated heterocycles. The fourth-order valence-corrected chi connectivity index (χ4v) is 2.69. The van der Waals surface area contributed by atoms with E-state index in [1.54, 1.807) is 0 Å². The standard InChI is InChI=1S/C14H29N3O.2ClH/c1-4-17(5-2)11-12(3)16-13(18)14(15)9-7-6-8-10-14;;/h12H,4-11,15H2,1-3H3,(H,16,18);2*1H. The minimum Gasteiger partial charge on any atom is -0.351 e. The molecule has 1 aliphatic carbocycles. The third-order valence-electron chi connectivity index (χ3n) is 4.00. The highest BCUT2D eigenvalue weighted by Crippen LogP contribution is 2.26. The molecule has 0 aromatic carbocycles. The van der Waals surface area contributed by atoms with Gasteiger partial charge in [-0.2, -0.15) is 0 Å². The van der Waals surface area contributed by atoms with Gasteiger partial charge >= 0.3 is 0 Å². The molecule has 0 aromatic heterocycles. The Morgan fingerprint density at radius 3 is 2.15 bits per heavy atom. The number of hydrogen-bond acceptors (Lipinski definition) is 3. The molecule has 1 amide bonds. The largest absolute Gasteiger partial charge is 0.351 e. The van der Waals surface area contributed by atoms with Gasteiger partial charge in [0.2, 0.25) is 5.91 Å². The van der Waals surface area contributed by atoms with Crippen molar-refractivity contribution < 1.29 is 4.79 Å². The van der Waals surface area contributed by atoms with E-state index in [1.165, 1.54) is 6.42 Å². The Morgan fingerprint density at radius 1 is 1.20 bits per heavy atom. The van der Waals surface area contributed by atoms with Crippen LogP contribution in [0.1, 0.15) is 52.9 Å². The lowest BCUT2D eigenvalue weighted by atomic mass is 9.82. The summed E-state index contributed by atoms with van der Waals surface area (Å²) in [6, 6.07) is 0.166. The quantitative estimate of drug-likeness (QED) is 0.787. The molecule has 1 fully saturated rings. The van der Waals surface area contributed by atoms with Gasteiger partial charge < -0.3 is 16.0 Å². The molecule has 4 nitrogen and oxygen atoms in total. The van der Waals surface area contributed by atoms with Gasteiger partial charge in [-0.1, -0.05) is 33.1 Å². The normalized spacial score (nSPS) is 18.6. The van der Waals surface area contributed by atoms with E-state index in [4.69, 9.17) is 5.73 Å². The monoisotopic (exact) mass is 327 g/mol. The van der Waals surface area contributed by atoms with Gasteiger partial charge in [0.1, 0.15) is 0 Å². The zero-order valence-corrected chi connectivity index (χ0v) is 14.6. The fourth-order valence-electron chi connectivity index (χ4n) is 2.69. The molecule has 122 valence electrons. The molecule has 0 spiro atoms. The van der Waals surface area contributed by atoms with Gasteiger partial charge in [-0.15, -0.1) is 24.8 Å². The molecule has 0 heterocycles. The van der Waals surface area contributed by atoms with Gasteiger partial charge in [0.15, 0.2) is 0 Å². The van der Waals surface area contributed by atoms with Crippen LogP contribution >= 0.6 is 24.8 Å². The van der Waals surface area contributed by atoms with Crippen molar-refractivity contribution in [3.63, 3.8) is 0 Å². The minimum atomic E-state index is -0.615. The molecule has 1 rings (SSSR count). The maximum absolute atomic E-state index is 12.2. The third kappa shape index (κ3) is 6.61. The summed E-state index contributed by atoms with van der Waals surface area (Å²) >= 11 is 0. The maximum Gasteiger partial charge on any atom is 0.240 e. The van der Waals surface area contributed by atoms with Crippen molar-refractivity contribution in [2.45, 2.75) is 64.5 Å².